The van der Waals surface area contributed by atoms with Gasteiger partial charge in [0.1, 0.15) is 11.7 Å². The average molecular weight is 347 g/mol. The Bertz CT molecular complexity index is 930. The van der Waals surface area contributed by atoms with Crippen LogP contribution < -0.4 is 5.32 Å². The molecule has 0 radical (unpaired) electrons. The van der Waals surface area contributed by atoms with Crippen LogP contribution in [0, 0.1) is 11.3 Å². The van der Waals surface area contributed by atoms with E-state index < -0.39 is 0 Å². The maximum absolute atomic E-state index is 10.1. The van der Waals surface area contributed by atoms with E-state index in [1.807, 2.05) is 42.6 Å². The minimum atomic E-state index is -0.318. The van der Waals surface area contributed by atoms with Gasteiger partial charge in [-0.1, -0.05) is 36.4 Å². The van der Waals surface area contributed by atoms with Crippen molar-refractivity contribution in [3.05, 3.63) is 66.0 Å². The Morgan fingerprint density at radius 3 is 2.81 bits per heavy atom. The number of pyridine rings is 1. The van der Waals surface area contributed by atoms with Gasteiger partial charge in [-0.3, -0.25) is 9.30 Å². The first-order chi connectivity index (χ1) is 12.7. The lowest BCUT2D eigenvalue weighted by molar-refractivity contribution is 0.173. The number of aliphatic hydroxyl groups is 1. The van der Waals surface area contributed by atoms with Crippen LogP contribution >= 0.6 is 0 Å². The summed E-state index contributed by atoms with van der Waals surface area (Å²) in [6, 6.07) is 18.4. The van der Waals surface area contributed by atoms with E-state index in [0.717, 1.165) is 18.6 Å². The number of aromatic nitrogens is 2. The lowest BCUT2D eigenvalue weighted by atomic mass is 10.1. The summed E-state index contributed by atoms with van der Waals surface area (Å²) in [5, 5.41) is 22.9. The van der Waals surface area contributed by atoms with Crippen LogP contribution in [-0.4, -0.2) is 44.6 Å². The number of aliphatic hydroxyl groups excluding tert-OH is 1. The zero-order valence-electron chi connectivity index (χ0n) is 14.4. The third-order valence-corrected chi connectivity index (χ3v) is 4.88. The van der Waals surface area contributed by atoms with Crippen molar-refractivity contribution in [2.45, 2.75) is 25.1 Å². The van der Waals surface area contributed by atoms with Gasteiger partial charge < -0.3 is 10.4 Å². The van der Waals surface area contributed by atoms with Gasteiger partial charge >= 0.3 is 0 Å². The van der Waals surface area contributed by atoms with Gasteiger partial charge in [-0.15, -0.1) is 0 Å². The van der Waals surface area contributed by atoms with Gasteiger partial charge in [0.25, 0.3) is 0 Å². The van der Waals surface area contributed by atoms with Crippen molar-refractivity contribution in [1.82, 2.24) is 14.3 Å². The van der Waals surface area contributed by atoms with Crippen LogP contribution in [0.2, 0.25) is 0 Å². The molecular formula is C20H21N5O. The highest BCUT2D eigenvalue weighted by atomic mass is 16.3. The molecule has 1 aliphatic heterocycles. The smallest absolute Gasteiger partial charge is 0.168 e. The summed E-state index contributed by atoms with van der Waals surface area (Å²) < 4.78 is 1.79. The molecule has 6 nitrogen and oxygen atoms in total. The zero-order chi connectivity index (χ0) is 17.9. The van der Waals surface area contributed by atoms with Crippen molar-refractivity contribution in [2.75, 3.05) is 18.4 Å². The van der Waals surface area contributed by atoms with Crippen LogP contribution in [-0.2, 0) is 6.54 Å². The largest absolute Gasteiger partial charge is 0.392 e. The number of imidazole rings is 1. The number of anilines is 1. The van der Waals surface area contributed by atoms with Gasteiger partial charge in [-0.2, -0.15) is 5.26 Å². The molecule has 0 bridgehead atoms. The monoisotopic (exact) mass is 347 g/mol. The Labute approximate surface area is 152 Å². The van der Waals surface area contributed by atoms with Gasteiger partial charge in [-0.25, -0.2) is 4.98 Å². The van der Waals surface area contributed by atoms with E-state index in [2.05, 4.69) is 33.4 Å². The summed E-state index contributed by atoms with van der Waals surface area (Å²) in [6.07, 6.45) is 2.24. The van der Waals surface area contributed by atoms with E-state index in [0.29, 0.717) is 24.6 Å². The summed E-state index contributed by atoms with van der Waals surface area (Å²) in [5.74, 6) is 0.597. The van der Waals surface area contributed by atoms with E-state index in [9.17, 15) is 10.4 Å². The number of hydrogen-bond acceptors (Lipinski definition) is 5. The Morgan fingerprint density at radius 1 is 1.19 bits per heavy atom. The maximum atomic E-state index is 10.1. The van der Waals surface area contributed by atoms with E-state index >= 15 is 0 Å². The molecule has 132 valence electrons. The number of hydrogen-bond donors (Lipinski definition) is 2. The Balaban J connectivity index is 1.49. The van der Waals surface area contributed by atoms with Crippen molar-refractivity contribution in [1.29, 1.82) is 5.26 Å². The predicted molar refractivity (Wildman–Crippen MR) is 99.7 cm³/mol. The van der Waals surface area contributed by atoms with Gasteiger partial charge in [0.2, 0.25) is 0 Å². The van der Waals surface area contributed by atoms with E-state index in [1.54, 1.807) is 4.40 Å². The molecule has 0 saturated carbocycles. The van der Waals surface area contributed by atoms with Crippen molar-refractivity contribution in [3.8, 4) is 6.07 Å². The molecule has 4 rings (SSSR count). The van der Waals surface area contributed by atoms with Crippen LogP contribution in [0.3, 0.4) is 0 Å². The molecule has 0 spiro atoms. The molecule has 1 aromatic carbocycles. The molecule has 26 heavy (non-hydrogen) atoms. The number of likely N-dealkylation sites (tertiary alicyclic amines) is 1. The van der Waals surface area contributed by atoms with E-state index in [4.69, 9.17) is 0 Å². The first-order valence-electron chi connectivity index (χ1n) is 8.81. The second-order valence-corrected chi connectivity index (χ2v) is 6.69. The molecule has 1 fully saturated rings. The third kappa shape index (κ3) is 3.27. The van der Waals surface area contributed by atoms with Gasteiger partial charge in [-0.05, 0) is 24.1 Å². The number of rotatable bonds is 5. The molecule has 1 saturated heterocycles. The topological polar surface area (TPSA) is 76.6 Å². The third-order valence-electron chi connectivity index (χ3n) is 4.88. The number of fused-ring (bicyclic) bond motifs is 1. The van der Waals surface area contributed by atoms with Crippen LogP contribution in [0.1, 0.15) is 17.7 Å². The van der Waals surface area contributed by atoms with Crippen LogP contribution in [0.15, 0.2) is 54.7 Å². The molecule has 2 aromatic heterocycles. The fraction of sp³-hybridized carbons (Fsp3) is 0.300. The summed E-state index contributed by atoms with van der Waals surface area (Å²) in [7, 11) is 0. The highest BCUT2D eigenvalue weighted by molar-refractivity contribution is 5.58. The summed E-state index contributed by atoms with van der Waals surface area (Å²) in [4.78, 5) is 6.81. The number of nitriles is 1. The second-order valence-electron chi connectivity index (χ2n) is 6.69. The zero-order valence-corrected chi connectivity index (χ0v) is 14.4. The normalized spacial score (nSPS) is 20.3. The number of benzene rings is 1. The molecule has 1 aliphatic rings. The number of β-amino-alcohol motifs (C(OH)–C–C–N with tert-alkyl or cyclic N) is 1. The number of nitrogens with one attached hydrogen (secondary N) is 1. The molecule has 0 aliphatic carbocycles. The molecule has 0 unspecified atom stereocenters. The molecule has 0 amide bonds. The van der Waals surface area contributed by atoms with Crippen molar-refractivity contribution in [3.63, 3.8) is 0 Å². The van der Waals surface area contributed by atoms with E-state index in [1.165, 1.54) is 5.56 Å². The maximum Gasteiger partial charge on any atom is 0.168 e. The molecule has 3 heterocycles. The summed E-state index contributed by atoms with van der Waals surface area (Å²) >= 11 is 0. The van der Waals surface area contributed by atoms with Gasteiger partial charge in [0, 0.05) is 31.9 Å². The lowest BCUT2D eigenvalue weighted by Crippen LogP contribution is -2.34. The first kappa shape index (κ1) is 16.6. The second kappa shape index (κ2) is 7.16. The average Bonchev–Trinajstić information content (AvgIpc) is 3.20. The van der Waals surface area contributed by atoms with Crippen LogP contribution in [0.5, 0.6) is 0 Å². The molecular weight excluding hydrogens is 326 g/mol. The van der Waals surface area contributed by atoms with Crippen molar-refractivity contribution >= 4 is 11.5 Å². The van der Waals surface area contributed by atoms with Gasteiger partial charge in [0.05, 0.1) is 6.10 Å². The first-order valence-corrected chi connectivity index (χ1v) is 8.81. The predicted octanol–water partition coefficient (Wildman–Crippen LogP) is 2.25. The standard InChI is InChI=1S/C20H21N5O/c21-11-18-20(23-19-8-4-5-9-25(18)19)22-12-16-10-17(26)14-24(16)13-15-6-2-1-3-7-15/h1-9,16-17,22,26H,10,12-14H2/t16-,17-/m0/s1. The van der Waals surface area contributed by atoms with Crippen molar-refractivity contribution < 1.29 is 5.11 Å². The summed E-state index contributed by atoms with van der Waals surface area (Å²) in [6.45, 7) is 2.11. The Hall–Kier alpha value is -2.88. The lowest BCUT2D eigenvalue weighted by Gasteiger charge is -2.24. The molecule has 6 heteroatoms. The molecule has 2 atom stereocenters. The fourth-order valence-corrected chi connectivity index (χ4v) is 3.62. The highest BCUT2D eigenvalue weighted by Crippen LogP contribution is 2.22. The SMILES string of the molecule is N#Cc1c(NC[C@@H]2C[C@H](O)CN2Cc2ccccc2)nc2ccccn12. The highest BCUT2D eigenvalue weighted by Gasteiger charge is 2.31. The summed E-state index contributed by atoms with van der Waals surface area (Å²) in [5.41, 5.74) is 2.49. The Kier molecular flexibility index (Phi) is 4.57. The van der Waals surface area contributed by atoms with E-state index in [-0.39, 0.29) is 12.1 Å². The van der Waals surface area contributed by atoms with Crippen molar-refractivity contribution in [2.24, 2.45) is 0 Å². The molecule has 3 aromatic rings. The Morgan fingerprint density at radius 2 is 2.00 bits per heavy atom. The van der Waals surface area contributed by atoms with Gasteiger partial charge in [0.15, 0.2) is 11.5 Å². The fourth-order valence-electron chi connectivity index (χ4n) is 3.62. The quantitative estimate of drug-likeness (QED) is 0.740. The minimum absolute atomic E-state index is 0.196. The van der Waals surface area contributed by atoms with Crippen LogP contribution in [0.4, 0.5) is 5.82 Å². The number of nitrogens with zero attached hydrogens (tertiary/aromatic N) is 4. The molecule has 2 N–H and O–H groups in total. The van der Waals surface area contributed by atoms with Crippen LogP contribution in [0.25, 0.3) is 5.65 Å². The minimum Gasteiger partial charge on any atom is -0.392 e.